The van der Waals surface area contributed by atoms with Gasteiger partial charge in [-0.3, -0.25) is 0 Å². The molecule has 116 valence electrons. The number of hydrogen-bond donors (Lipinski definition) is 1. The van der Waals surface area contributed by atoms with E-state index in [1.165, 1.54) is 31.7 Å². The van der Waals surface area contributed by atoms with E-state index in [0.29, 0.717) is 11.1 Å². The Kier molecular flexibility index (Phi) is 4.85. The van der Waals surface area contributed by atoms with Gasteiger partial charge in [0.1, 0.15) is 5.82 Å². The molecule has 3 atom stereocenters. The van der Waals surface area contributed by atoms with Crippen LogP contribution < -0.4 is 5.32 Å². The SMILES string of the molecule is CCCNC(Cc1cc(F)ccc1Cl)C1C2CCCCC21. The first-order chi connectivity index (χ1) is 10.2. The zero-order valence-corrected chi connectivity index (χ0v) is 13.5. The topological polar surface area (TPSA) is 12.0 Å². The minimum Gasteiger partial charge on any atom is -0.313 e. The molecule has 0 aromatic heterocycles. The fourth-order valence-electron chi connectivity index (χ4n) is 4.26. The Balaban J connectivity index is 1.72. The van der Waals surface area contributed by atoms with Crippen LogP contribution in [-0.2, 0) is 6.42 Å². The largest absolute Gasteiger partial charge is 0.313 e. The molecule has 0 spiro atoms. The summed E-state index contributed by atoms with van der Waals surface area (Å²) in [5, 5.41) is 4.40. The maximum Gasteiger partial charge on any atom is 0.123 e. The number of hydrogen-bond acceptors (Lipinski definition) is 1. The van der Waals surface area contributed by atoms with Gasteiger partial charge in [0.2, 0.25) is 0 Å². The summed E-state index contributed by atoms with van der Waals surface area (Å²) >= 11 is 6.26. The molecular formula is C18H25ClFN. The molecule has 0 radical (unpaired) electrons. The quantitative estimate of drug-likeness (QED) is 0.794. The summed E-state index contributed by atoms with van der Waals surface area (Å²) in [6, 6.07) is 5.19. The fraction of sp³-hybridized carbons (Fsp3) is 0.667. The maximum absolute atomic E-state index is 13.5. The minimum atomic E-state index is -0.183. The van der Waals surface area contributed by atoms with Crippen LogP contribution >= 0.6 is 11.6 Å². The predicted octanol–water partition coefficient (Wildman–Crippen LogP) is 4.83. The lowest BCUT2D eigenvalue weighted by molar-refractivity contribution is 0.427. The van der Waals surface area contributed by atoms with E-state index in [4.69, 9.17) is 11.6 Å². The van der Waals surface area contributed by atoms with Crippen molar-refractivity contribution in [3.63, 3.8) is 0 Å². The van der Waals surface area contributed by atoms with Crippen molar-refractivity contribution < 1.29 is 4.39 Å². The molecule has 3 rings (SSSR count). The molecule has 2 aliphatic rings. The molecule has 0 aliphatic heterocycles. The summed E-state index contributed by atoms with van der Waals surface area (Å²) in [4.78, 5) is 0. The van der Waals surface area contributed by atoms with Gasteiger partial charge in [0, 0.05) is 11.1 Å². The van der Waals surface area contributed by atoms with Crippen LogP contribution in [0, 0.1) is 23.6 Å². The van der Waals surface area contributed by atoms with Crippen LogP contribution in [0.2, 0.25) is 5.02 Å². The molecule has 0 amide bonds. The second kappa shape index (κ2) is 6.66. The molecule has 1 aromatic carbocycles. The third-order valence-corrected chi connectivity index (χ3v) is 5.66. The van der Waals surface area contributed by atoms with E-state index in [1.807, 2.05) is 0 Å². The Bertz CT molecular complexity index is 478. The Morgan fingerprint density at radius 1 is 1.29 bits per heavy atom. The summed E-state index contributed by atoms with van der Waals surface area (Å²) in [5.74, 6) is 2.40. The van der Waals surface area contributed by atoms with Gasteiger partial charge in [-0.1, -0.05) is 31.4 Å². The molecule has 21 heavy (non-hydrogen) atoms. The second-order valence-electron chi connectivity index (χ2n) is 6.69. The van der Waals surface area contributed by atoms with Crippen molar-refractivity contribution in [1.29, 1.82) is 0 Å². The second-order valence-corrected chi connectivity index (χ2v) is 7.10. The van der Waals surface area contributed by atoms with E-state index >= 15 is 0 Å². The number of halogens is 2. The van der Waals surface area contributed by atoms with E-state index < -0.39 is 0 Å². The zero-order valence-electron chi connectivity index (χ0n) is 12.7. The monoisotopic (exact) mass is 309 g/mol. The number of benzene rings is 1. The highest BCUT2D eigenvalue weighted by Crippen LogP contribution is 2.57. The highest BCUT2D eigenvalue weighted by Gasteiger charge is 2.53. The summed E-state index contributed by atoms with van der Waals surface area (Å²) in [7, 11) is 0. The average Bonchev–Trinajstić information content (AvgIpc) is 3.21. The lowest BCUT2D eigenvalue weighted by Crippen LogP contribution is -2.35. The molecule has 2 fully saturated rings. The Labute approximate surface area is 132 Å². The first-order valence-electron chi connectivity index (χ1n) is 8.38. The Hall–Kier alpha value is -0.600. The van der Waals surface area contributed by atoms with Gasteiger partial charge in [-0.15, -0.1) is 0 Å². The fourth-order valence-corrected chi connectivity index (χ4v) is 4.45. The van der Waals surface area contributed by atoms with Gasteiger partial charge in [-0.05, 0) is 73.7 Å². The van der Waals surface area contributed by atoms with Crippen molar-refractivity contribution in [2.75, 3.05) is 6.54 Å². The molecule has 0 bridgehead atoms. The van der Waals surface area contributed by atoms with E-state index in [1.54, 1.807) is 12.1 Å². The van der Waals surface area contributed by atoms with Crippen LogP contribution in [0.3, 0.4) is 0 Å². The van der Waals surface area contributed by atoms with E-state index in [9.17, 15) is 4.39 Å². The molecule has 3 unspecified atom stereocenters. The van der Waals surface area contributed by atoms with Crippen molar-refractivity contribution in [3.05, 3.63) is 34.6 Å². The van der Waals surface area contributed by atoms with Crippen LogP contribution in [0.1, 0.15) is 44.6 Å². The van der Waals surface area contributed by atoms with Crippen LogP contribution in [0.25, 0.3) is 0 Å². The van der Waals surface area contributed by atoms with Crippen LogP contribution in [0.5, 0.6) is 0 Å². The summed E-state index contributed by atoms with van der Waals surface area (Å²) in [6.45, 7) is 3.23. The highest BCUT2D eigenvalue weighted by molar-refractivity contribution is 6.31. The molecule has 0 saturated heterocycles. The molecular weight excluding hydrogens is 285 g/mol. The summed E-state index contributed by atoms with van der Waals surface area (Å²) in [5.41, 5.74) is 0.953. The van der Waals surface area contributed by atoms with Crippen LogP contribution in [0.15, 0.2) is 18.2 Å². The van der Waals surface area contributed by atoms with E-state index in [0.717, 1.165) is 42.7 Å². The first kappa shape index (κ1) is 15.3. The highest BCUT2D eigenvalue weighted by atomic mass is 35.5. The van der Waals surface area contributed by atoms with Gasteiger partial charge in [-0.2, -0.15) is 0 Å². The summed E-state index contributed by atoms with van der Waals surface area (Å²) < 4.78 is 13.5. The molecule has 1 aromatic rings. The molecule has 0 heterocycles. The average molecular weight is 310 g/mol. The lowest BCUT2D eigenvalue weighted by Gasteiger charge is -2.20. The number of rotatable bonds is 6. The third kappa shape index (κ3) is 3.43. The molecule has 1 nitrogen and oxygen atoms in total. The minimum absolute atomic E-state index is 0.183. The zero-order chi connectivity index (χ0) is 14.8. The van der Waals surface area contributed by atoms with Gasteiger partial charge >= 0.3 is 0 Å². The lowest BCUT2D eigenvalue weighted by atomic mass is 9.99. The van der Waals surface area contributed by atoms with E-state index in [2.05, 4.69) is 12.2 Å². The van der Waals surface area contributed by atoms with Crippen molar-refractivity contribution in [1.82, 2.24) is 5.32 Å². The van der Waals surface area contributed by atoms with Crippen molar-refractivity contribution >= 4 is 11.6 Å². The number of fused-ring (bicyclic) bond motifs is 1. The van der Waals surface area contributed by atoms with Gasteiger partial charge in [0.15, 0.2) is 0 Å². The number of nitrogens with one attached hydrogen (secondary N) is 1. The van der Waals surface area contributed by atoms with Gasteiger partial charge in [0.05, 0.1) is 0 Å². The van der Waals surface area contributed by atoms with Crippen molar-refractivity contribution in [2.45, 2.75) is 51.5 Å². The summed E-state index contributed by atoms with van der Waals surface area (Å²) in [6.07, 6.45) is 7.54. The maximum atomic E-state index is 13.5. The first-order valence-corrected chi connectivity index (χ1v) is 8.75. The van der Waals surface area contributed by atoms with Crippen molar-refractivity contribution in [3.8, 4) is 0 Å². The molecule has 2 saturated carbocycles. The Morgan fingerprint density at radius 2 is 2.00 bits per heavy atom. The van der Waals surface area contributed by atoms with E-state index in [-0.39, 0.29) is 5.82 Å². The van der Waals surface area contributed by atoms with Gasteiger partial charge in [0.25, 0.3) is 0 Å². The van der Waals surface area contributed by atoms with Crippen LogP contribution in [0.4, 0.5) is 4.39 Å². The molecule has 1 N–H and O–H groups in total. The Morgan fingerprint density at radius 3 is 2.67 bits per heavy atom. The molecule has 2 aliphatic carbocycles. The predicted molar refractivity (Wildman–Crippen MR) is 86.1 cm³/mol. The van der Waals surface area contributed by atoms with Gasteiger partial charge < -0.3 is 5.32 Å². The normalized spacial score (nSPS) is 29.0. The van der Waals surface area contributed by atoms with Crippen molar-refractivity contribution in [2.24, 2.45) is 17.8 Å². The molecule has 3 heteroatoms. The third-order valence-electron chi connectivity index (χ3n) is 5.29. The smallest absolute Gasteiger partial charge is 0.123 e. The van der Waals surface area contributed by atoms with Crippen LogP contribution in [-0.4, -0.2) is 12.6 Å². The standard InChI is InChI=1S/C18H25ClFN/c1-2-9-21-17(18-14-5-3-4-6-15(14)18)11-12-10-13(20)7-8-16(12)19/h7-8,10,14-15,17-18,21H,2-6,9,11H2,1H3. The van der Waals surface area contributed by atoms with Gasteiger partial charge in [-0.25, -0.2) is 4.39 Å².